The molecule has 0 bridgehead atoms. The number of benzene rings is 1. The standard InChI is InChI=1S/C9H10F3NO2/c1-14-7-3-6(13-9(10,11)12)4-8(5-7)15-2/h3-5,13H,1-2H3. The van der Waals surface area contributed by atoms with Gasteiger partial charge in [-0.2, -0.15) is 13.2 Å². The average Bonchev–Trinajstić information content (AvgIpc) is 2.14. The Bertz CT molecular complexity index is 316. The molecule has 6 heteroatoms. The summed E-state index contributed by atoms with van der Waals surface area (Å²) in [5, 5.41) is 1.37. The fourth-order valence-electron chi connectivity index (χ4n) is 1.04. The lowest BCUT2D eigenvalue weighted by Crippen LogP contribution is -2.20. The molecule has 0 saturated carbocycles. The largest absolute Gasteiger partial charge is 0.497 e. The maximum absolute atomic E-state index is 12.0. The lowest BCUT2D eigenvalue weighted by molar-refractivity contribution is -0.0999. The van der Waals surface area contributed by atoms with Crippen molar-refractivity contribution < 1.29 is 22.6 Å². The molecule has 0 atom stereocenters. The molecule has 0 amide bonds. The van der Waals surface area contributed by atoms with Crippen LogP contribution in [0.4, 0.5) is 18.9 Å². The molecule has 0 heterocycles. The number of rotatable bonds is 3. The highest BCUT2D eigenvalue weighted by atomic mass is 19.4. The van der Waals surface area contributed by atoms with Gasteiger partial charge in [-0.3, -0.25) is 5.32 Å². The fraction of sp³-hybridized carbons (Fsp3) is 0.333. The van der Waals surface area contributed by atoms with Crippen LogP contribution < -0.4 is 14.8 Å². The quantitative estimate of drug-likeness (QED) is 0.796. The number of nitrogens with one attached hydrogen (secondary N) is 1. The second kappa shape index (κ2) is 4.29. The monoisotopic (exact) mass is 221 g/mol. The van der Waals surface area contributed by atoms with Crippen LogP contribution in [-0.2, 0) is 0 Å². The third-order valence-electron chi connectivity index (χ3n) is 1.64. The maximum Gasteiger partial charge on any atom is 0.482 e. The predicted octanol–water partition coefficient (Wildman–Crippen LogP) is 2.64. The second-order valence-corrected chi connectivity index (χ2v) is 2.72. The van der Waals surface area contributed by atoms with Crippen molar-refractivity contribution in [3.63, 3.8) is 0 Å². The number of hydrogen-bond donors (Lipinski definition) is 1. The molecule has 1 rings (SSSR count). The van der Waals surface area contributed by atoms with E-state index in [1.165, 1.54) is 37.7 Å². The van der Waals surface area contributed by atoms with Crippen LogP contribution in [0.3, 0.4) is 0 Å². The van der Waals surface area contributed by atoms with Crippen LogP contribution >= 0.6 is 0 Å². The first-order chi connectivity index (χ1) is 6.94. The van der Waals surface area contributed by atoms with Crippen molar-refractivity contribution in [3.8, 4) is 11.5 Å². The van der Waals surface area contributed by atoms with Crippen LogP contribution in [0, 0.1) is 0 Å². The molecule has 1 N–H and O–H groups in total. The minimum absolute atomic E-state index is 0.126. The minimum Gasteiger partial charge on any atom is -0.497 e. The van der Waals surface area contributed by atoms with Gasteiger partial charge in [0.2, 0.25) is 0 Å². The van der Waals surface area contributed by atoms with Crippen molar-refractivity contribution in [1.29, 1.82) is 0 Å². The van der Waals surface area contributed by atoms with E-state index in [4.69, 9.17) is 9.47 Å². The lowest BCUT2D eigenvalue weighted by Gasteiger charge is -2.12. The van der Waals surface area contributed by atoms with Gasteiger partial charge in [-0.25, -0.2) is 0 Å². The van der Waals surface area contributed by atoms with E-state index in [1.807, 2.05) is 0 Å². The molecule has 0 aliphatic rings. The molecule has 0 radical (unpaired) electrons. The Kier molecular flexibility index (Phi) is 3.28. The molecule has 15 heavy (non-hydrogen) atoms. The summed E-state index contributed by atoms with van der Waals surface area (Å²) in [6, 6.07) is 3.95. The van der Waals surface area contributed by atoms with Gasteiger partial charge in [0.05, 0.1) is 14.2 Å². The van der Waals surface area contributed by atoms with Gasteiger partial charge < -0.3 is 9.47 Å². The van der Waals surface area contributed by atoms with Gasteiger partial charge >= 0.3 is 6.30 Å². The first-order valence-electron chi connectivity index (χ1n) is 4.02. The number of anilines is 1. The van der Waals surface area contributed by atoms with Gasteiger partial charge in [0, 0.05) is 23.9 Å². The Labute approximate surface area is 84.8 Å². The normalized spacial score (nSPS) is 11.0. The van der Waals surface area contributed by atoms with Crippen molar-refractivity contribution in [1.82, 2.24) is 0 Å². The molecule has 3 nitrogen and oxygen atoms in total. The summed E-state index contributed by atoms with van der Waals surface area (Å²) < 4.78 is 45.7. The van der Waals surface area contributed by atoms with Crippen LogP contribution in [0.25, 0.3) is 0 Å². The summed E-state index contributed by atoms with van der Waals surface area (Å²) in [5.74, 6) is 0.585. The Hall–Kier alpha value is -1.59. The Morgan fingerprint density at radius 1 is 1.00 bits per heavy atom. The van der Waals surface area contributed by atoms with E-state index >= 15 is 0 Å². The molecule has 0 fully saturated rings. The van der Waals surface area contributed by atoms with Crippen LogP contribution in [0.2, 0.25) is 0 Å². The molecule has 1 aromatic carbocycles. The molecular weight excluding hydrogens is 211 g/mol. The zero-order chi connectivity index (χ0) is 11.5. The van der Waals surface area contributed by atoms with Crippen LogP contribution in [0.1, 0.15) is 0 Å². The van der Waals surface area contributed by atoms with E-state index in [2.05, 4.69) is 0 Å². The van der Waals surface area contributed by atoms with Gasteiger partial charge in [0.1, 0.15) is 11.5 Å². The van der Waals surface area contributed by atoms with E-state index < -0.39 is 6.30 Å². The predicted molar refractivity (Wildman–Crippen MR) is 49.2 cm³/mol. The second-order valence-electron chi connectivity index (χ2n) is 2.72. The summed E-state index contributed by atoms with van der Waals surface area (Å²) in [6.07, 6.45) is -4.47. The van der Waals surface area contributed by atoms with Crippen molar-refractivity contribution in [2.75, 3.05) is 19.5 Å². The molecular formula is C9H10F3NO2. The molecule has 0 unspecified atom stereocenters. The van der Waals surface area contributed by atoms with Gasteiger partial charge in [-0.05, 0) is 0 Å². The third-order valence-corrected chi connectivity index (χ3v) is 1.64. The fourth-order valence-corrected chi connectivity index (χ4v) is 1.04. The first-order valence-corrected chi connectivity index (χ1v) is 4.02. The Morgan fingerprint density at radius 2 is 1.47 bits per heavy atom. The third kappa shape index (κ3) is 3.57. The molecule has 0 spiro atoms. The smallest absolute Gasteiger partial charge is 0.482 e. The summed E-state index contributed by atoms with van der Waals surface area (Å²) in [6.45, 7) is 0. The maximum atomic E-state index is 12.0. The number of ether oxygens (including phenoxy) is 2. The summed E-state index contributed by atoms with van der Waals surface area (Å²) >= 11 is 0. The van der Waals surface area contributed by atoms with Crippen LogP contribution in [0.15, 0.2) is 18.2 Å². The SMILES string of the molecule is COc1cc(NC(F)(F)F)cc(OC)c1. The van der Waals surface area contributed by atoms with E-state index in [-0.39, 0.29) is 5.69 Å². The zero-order valence-electron chi connectivity index (χ0n) is 8.18. The summed E-state index contributed by atoms with van der Waals surface area (Å²) in [4.78, 5) is 0. The molecule has 0 aromatic heterocycles. The molecule has 84 valence electrons. The molecule has 1 aromatic rings. The Balaban J connectivity index is 2.97. The van der Waals surface area contributed by atoms with Crippen molar-refractivity contribution in [2.45, 2.75) is 6.30 Å². The zero-order valence-corrected chi connectivity index (χ0v) is 8.18. The van der Waals surface area contributed by atoms with Gasteiger partial charge in [-0.1, -0.05) is 0 Å². The molecule has 0 aliphatic carbocycles. The van der Waals surface area contributed by atoms with E-state index in [9.17, 15) is 13.2 Å². The lowest BCUT2D eigenvalue weighted by atomic mass is 10.3. The number of methoxy groups -OCH3 is 2. The topological polar surface area (TPSA) is 30.5 Å². The van der Waals surface area contributed by atoms with Crippen molar-refractivity contribution >= 4 is 5.69 Å². The van der Waals surface area contributed by atoms with Crippen molar-refractivity contribution in [2.24, 2.45) is 0 Å². The molecule has 0 saturated heterocycles. The molecule has 0 aliphatic heterocycles. The van der Waals surface area contributed by atoms with E-state index in [0.717, 1.165) is 0 Å². The summed E-state index contributed by atoms with van der Waals surface area (Å²) in [7, 11) is 2.73. The number of hydrogen-bond acceptors (Lipinski definition) is 3. The van der Waals surface area contributed by atoms with Crippen LogP contribution in [0.5, 0.6) is 11.5 Å². The minimum atomic E-state index is -4.47. The van der Waals surface area contributed by atoms with E-state index in [0.29, 0.717) is 11.5 Å². The van der Waals surface area contributed by atoms with Crippen LogP contribution in [-0.4, -0.2) is 20.5 Å². The van der Waals surface area contributed by atoms with E-state index in [1.54, 1.807) is 0 Å². The number of halogens is 3. The highest BCUT2D eigenvalue weighted by Crippen LogP contribution is 2.28. The van der Waals surface area contributed by atoms with Gasteiger partial charge in [0.15, 0.2) is 0 Å². The van der Waals surface area contributed by atoms with Gasteiger partial charge in [-0.15, -0.1) is 0 Å². The van der Waals surface area contributed by atoms with Crippen molar-refractivity contribution in [3.05, 3.63) is 18.2 Å². The highest BCUT2D eigenvalue weighted by molar-refractivity contribution is 5.54. The summed E-state index contributed by atoms with van der Waals surface area (Å²) in [5.41, 5.74) is -0.126. The van der Waals surface area contributed by atoms with Gasteiger partial charge in [0.25, 0.3) is 0 Å². The Morgan fingerprint density at radius 3 is 1.80 bits per heavy atom. The first kappa shape index (κ1) is 11.5. The highest BCUT2D eigenvalue weighted by Gasteiger charge is 2.27. The number of alkyl halides is 3. The average molecular weight is 221 g/mol.